The van der Waals surface area contributed by atoms with Gasteiger partial charge in [0.25, 0.3) is 0 Å². The molecule has 214 valence electrons. The minimum Gasteiger partial charge on any atom is -0.478 e. The van der Waals surface area contributed by atoms with Crippen LogP contribution in [0.5, 0.6) is 0 Å². The van der Waals surface area contributed by atoms with Crippen molar-refractivity contribution in [1.82, 2.24) is 0 Å². The van der Waals surface area contributed by atoms with Crippen molar-refractivity contribution < 1.29 is 24.1 Å². The monoisotopic (exact) mass is 528 g/mol. The third-order valence-electron chi connectivity index (χ3n) is 10.9. The second-order valence-corrected chi connectivity index (χ2v) is 13.5. The number of allylic oxidation sites excluding steroid dienone is 1. The molecule has 6 fully saturated rings. The summed E-state index contributed by atoms with van der Waals surface area (Å²) in [6, 6.07) is 0. The molecule has 3 saturated carbocycles. The topological polar surface area (TPSA) is 74.9 Å². The first-order chi connectivity index (χ1) is 18.7. The summed E-state index contributed by atoms with van der Waals surface area (Å²) in [5.74, 6) is 0.463. The van der Waals surface area contributed by atoms with Crippen LogP contribution in [0.1, 0.15) is 135 Å². The van der Waals surface area contributed by atoms with Gasteiger partial charge in [-0.2, -0.15) is 0 Å². The fraction of sp³-hybridized carbons (Fsp3) is 0.909. The minimum absolute atomic E-state index is 0.205. The number of carboxylic acid groups (broad SMARTS) is 1. The van der Waals surface area contributed by atoms with Gasteiger partial charge in [0.1, 0.15) is 0 Å². The molecular formula is C33H52O5. The normalized spacial score (nSPS) is 42.3. The van der Waals surface area contributed by atoms with Crippen LogP contribution in [-0.2, 0) is 19.0 Å². The predicted molar refractivity (Wildman–Crippen MR) is 148 cm³/mol. The van der Waals surface area contributed by atoms with E-state index in [9.17, 15) is 9.90 Å². The molecule has 3 heterocycles. The molecule has 9 atom stereocenters. The first-order valence-electron chi connectivity index (χ1n) is 16.6. The summed E-state index contributed by atoms with van der Waals surface area (Å²) in [5.41, 5.74) is 2.27. The number of ether oxygens (including phenoxy) is 3. The molecule has 0 aromatic rings. The highest BCUT2D eigenvalue weighted by Crippen LogP contribution is 2.45. The lowest BCUT2D eigenvalue weighted by Crippen LogP contribution is -2.25. The van der Waals surface area contributed by atoms with Gasteiger partial charge in [-0.05, 0) is 94.8 Å². The molecule has 3 aliphatic carbocycles. The molecule has 5 nitrogen and oxygen atoms in total. The summed E-state index contributed by atoms with van der Waals surface area (Å²) < 4.78 is 17.8. The fourth-order valence-electron chi connectivity index (χ4n) is 8.62. The quantitative estimate of drug-likeness (QED) is 0.298. The van der Waals surface area contributed by atoms with Gasteiger partial charge in [-0.3, -0.25) is 0 Å². The number of aliphatic carboxylic acids is 1. The molecule has 9 unspecified atom stereocenters. The molecular weight excluding hydrogens is 476 g/mol. The standard InChI is InChI=1S/C33H52O5/c34-33(35)32(24-12-3-6-18-27-30(38-27)21-9-15-24)31(22-10-1-4-16-25-28(36-25)19-7-13-22)23-11-2-5-17-26-29(37-26)20-8-14-23/h22-30H,1-21H2,(H,34,35). The number of carbonyl (C=O) groups is 1. The van der Waals surface area contributed by atoms with E-state index in [1.807, 2.05) is 0 Å². The lowest BCUT2D eigenvalue weighted by molar-refractivity contribution is -0.133. The maximum absolute atomic E-state index is 13.3. The van der Waals surface area contributed by atoms with Crippen LogP contribution < -0.4 is 0 Å². The molecule has 0 aromatic carbocycles. The maximum Gasteiger partial charge on any atom is 0.331 e. The van der Waals surface area contributed by atoms with Gasteiger partial charge in [-0.25, -0.2) is 4.79 Å². The van der Waals surface area contributed by atoms with Crippen LogP contribution in [0.15, 0.2) is 11.1 Å². The number of fused-ring (bicyclic) bond motifs is 3. The highest BCUT2D eigenvalue weighted by atomic mass is 16.6. The molecule has 0 amide bonds. The zero-order valence-electron chi connectivity index (χ0n) is 23.6. The Morgan fingerprint density at radius 1 is 0.421 bits per heavy atom. The lowest BCUT2D eigenvalue weighted by Gasteiger charge is -2.33. The second kappa shape index (κ2) is 12.7. The minimum atomic E-state index is -0.604. The van der Waals surface area contributed by atoms with Gasteiger partial charge in [0.2, 0.25) is 0 Å². The van der Waals surface area contributed by atoms with Crippen molar-refractivity contribution in [1.29, 1.82) is 0 Å². The summed E-state index contributed by atoms with van der Waals surface area (Å²) in [5, 5.41) is 10.9. The first-order valence-corrected chi connectivity index (χ1v) is 16.6. The van der Waals surface area contributed by atoms with Gasteiger partial charge in [0, 0.05) is 5.57 Å². The van der Waals surface area contributed by atoms with Crippen LogP contribution in [0.3, 0.4) is 0 Å². The van der Waals surface area contributed by atoms with Gasteiger partial charge in [-0.1, -0.05) is 63.4 Å². The van der Waals surface area contributed by atoms with E-state index in [-0.39, 0.29) is 5.92 Å². The van der Waals surface area contributed by atoms with Crippen LogP contribution in [0.2, 0.25) is 0 Å². The molecule has 0 radical (unpaired) electrons. The summed E-state index contributed by atoms with van der Waals surface area (Å²) >= 11 is 0. The van der Waals surface area contributed by atoms with E-state index in [0.29, 0.717) is 48.5 Å². The van der Waals surface area contributed by atoms with Crippen molar-refractivity contribution in [2.75, 3.05) is 0 Å². The van der Waals surface area contributed by atoms with Crippen LogP contribution in [0.4, 0.5) is 0 Å². The Kier molecular flexibility index (Phi) is 9.13. The van der Waals surface area contributed by atoms with Crippen LogP contribution in [0, 0.1) is 17.8 Å². The van der Waals surface area contributed by atoms with Gasteiger partial charge in [0.15, 0.2) is 0 Å². The Hall–Kier alpha value is -0.910. The predicted octanol–water partition coefficient (Wildman–Crippen LogP) is 7.75. The molecule has 1 N–H and O–H groups in total. The highest BCUT2D eigenvalue weighted by Gasteiger charge is 2.41. The second-order valence-electron chi connectivity index (χ2n) is 13.5. The van der Waals surface area contributed by atoms with Crippen molar-refractivity contribution in [3.63, 3.8) is 0 Å². The summed E-state index contributed by atoms with van der Waals surface area (Å²) in [7, 11) is 0. The SMILES string of the molecule is O=C(O)C(=C(C1CCCCC2OC2CCC1)C1CCCCC2OC2CCC1)C1CCCCC2OC2CCC1. The van der Waals surface area contributed by atoms with Crippen molar-refractivity contribution >= 4 is 5.97 Å². The average molecular weight is 529 g/mol. The molecule has 0 bridgehead atoms. The van der Waals surface area contributed by atoms with E-state index in [4.69, 9.17) is 14.2 Å². The van der Waals surface area contributed by atoms with Crippen molar-refractivity contribution in [2.45, 2.75) is 171 Å². The molecule has 3 aliphatic heterocycles. The zero-order valence-corrected chi connectivity index (χ0v) is 23.6. The Labute approximate surface area is 230 Å². The molecule has 38 heavy (non-hydrogen) atoms. The van der Waals surface area contributed by atoms with Gasteiger partial charge in [-0.15, -0.1) is 0 Å². The average Bonchev–Trinajstić information content (AvgIpc) is 3.81. The van der Waals surface area contributed by atoms with Crippen LogP contribution >= 0.6 is 0 Å². The van der Waals surface area contributed by atoms with E-state index in [1.165, 1.54) is 63.4 Å². The first kappa shape index (κ1) is 27.3. The highest BCUT2D eigenvalue weighted by molar-refractivity contribution is 5.88. The Morgan fingerprint density at radius 3 is 1.11 bits per heavy atom. The van der Waals surface area contributed by atoms with Crippen LogP contribution in [-0.4, -0.2) is 47.7 Å². The van der Waals surface area contributed by atoms with Crippen molar-refractivity contribution in [3.05, 3.63) is 11.1 Å². The fourth-order valence-corrected chi connectivity index (χ4v) is 8.62. The number of hydrogen-bond donors (Lipinski definition) is 1. The molecule has 6 rings (SSSR count). The van der Waals surface area contributed by atoms with E-state index < -0.39 is 5.97 Å². The number of hydrogen-bond acceptors (Lipinski definition) is 4. The van der Waals surface area contributed by atoms with E-state index in [2.05, 4.69) is 0 Å². The van der Waals surface area contributed by atoms with Gasteiger partial charge >= 0.3 is 5.97 Å². The largest absolute Gasteiger partial charge is 0.478 e. The van der Waals surface area contributed by atoms with Crippen LogP contribution in [0.25, 0.3) is 0 Å². The Balaban J connectivity index is 1.29. The third-order valence-corrected chi connectivity index (χ3v) is 10.9. The number of epoxide rings is 3. The number of carboxylic acids is 1. The molecule has 6 aliphatic rings. The summed E-state index contributed by atoms with van der Waals surface area (Å²) in [4.78, 5) is 13.3. The molecule has 3 saturated heterocycles. The van der Waals surface area contributed by atoms with Crippen molar-refractivity contribution in [2.24, 2.45) is 17.8 Å². The Bertz CT molecular complexity index is 799. The van der Waals surface area contributed by atoms with Gasteiger partial charge < -0.3 is 19.3 Å². The maximum atomic E-state index is 13.3. The number of rotatable bonds is 4. The van der Waals surface area contributed by atoms with Gasteiger partial charge in [0.05, 0.1) is 36.6 Å². The third kappa shape index (κ3) is 7.04. The molecule has 5 heteroatoms. The van der Waals surface area contributed by atoms with Crippen molar-refractivity contribution in [3.8, 4) is 0 Å². The zero-order chi connectivity index (χ0) is 25.9. The smallest absolute Gasteiger partial charge is 0.331 e. The van der Waals surface area contributed by atoms with E-state index >= 15 is 0 Å². The summed E-state index contributed by atoms with van der Waals surface area (Å²) in [6.45, 7) is 0. The Morgan fingerprint density at radius 2 is 0.711 bits per heavy atom. The lowest BCUT2D eigenvalue weighted by atomic mass is 9.71. The summed E-state index contributed by atoms with van der Waals surface area (Å²) in [6.07, 6.45) is 27.2. The molecule has 0 spiro atoms. The van der Waals surface area contributed by atoms with E-state index in [1.54, 1.807) is 0 Å². The molecule has 0 aromatic heterocycles. The van der Waals surface area contributed by atoms with E-state index in [0.717, 1.165) is 82.6 Å².